The predicted molar refractivity (Wildman–Crippen MR) is 93.7 cm³/mol. The van der Waals surface area contributed by atoms with Crippen molar-refractivity contribution in [2.24, 2.45) is 28.6 Å². The molecule has 0 aromatic carbocycles. The highest BCUT2D eigenvalue weighted by molar-refractivity contribution is 5.89. The Kier molecular flexibility index (Phi) is 3.89. The van der Waals surface area contributed by atoms with Crippen LogP contribution in [0.25, 0.3) is 0 Å². The van der Waals surface area contributed by atoms with E-state index >= 15 is 0 Å². The van der Waals surface area contributed by atoms with Crippen molar-refractivity contribution in [2.75, 3.05) is 0 Å². The summed E-state index contributed by atoms with van der Waals surface area (Å²) in [6, 6.07) is 0. The van der Waals surface area contributed by atoms with Gasteiger partial charge in [-0.1, -0.05) is 20.3 Å². The number of ether oxygens (including phenoxy) is 1. The van der Waals surface area contributed by atoms with Gasteiger partial charge in [-0.25, -0.2) is 0 Å². The number of hydrogen-bond donors (Lipinski definition) is 1. The second-order valence-electron chi connectivity index (χ2n) is 9.84. The molecule has 7 unspecified atom stereocenters. The first kappa shape index (κ1) is 17.5. The van der Waals surface area contributed by atoms with Crippen LogP contribution in [0, 0.1) is 28.6 Å². The highest BCUT2D eigenvalue weighted by Crippen LogP contribution is 2.66. The number of rotatable bonds is 1. The lowest BCUT2D eigenvalue weighted by Crippen LogP contribution is -2.67. The molecule has 4 heteroatoms. The minimum absolute atomic E-state index is 0.00394. The second kappa shape index (κ2) is 5.55. The number of fused-ring (bicyclic) bond motifs is 5. The molecule has 0 bridgehead atoms. The average Bonchev–Trinajstić information content (AvgIpc) is 2.92. The van der Waals surface area contributed by atoms with Crippen LogP contribution in [-0.2, 0) is 14.3 Å². The van der Waals surface area contributed by atoms with Crippen LogP contribution >= 0.6 is 0 Å². The molecule has 0 spiro atoms. The summed E-state index contributed by atoms with van der Waals surface area (Å²) >= 11 is 0. The number of Topliss-reactive ketones (excluding diaryl/α,β-unsaturated/α-hetero) is 1. The van der Waals surface area contributed by atoms with Gasteiger partial charge in [0.15, 0.2) is 5.78 Å². The Morgan fingerprint density at radius 1 is 1.12 bits per heavy atom. The molecular weight excluding hydrogens is 316 g/mol. The van der Waals surface area contributed by atoms with Gasteiger partial charge in [0, 0.05) is 25.2 Å². The molecule has 0 saturated heterocycles. The van der Waals surface area contributed by atoms with Crippen LogP contribution in [0.5, 0.6) is 0 Å². The van der Waals surface area contributed by atoms with Gasteiger partial charge in [0.05, 0.1) is 0 Å². The molecule has 1 N–H and O–H groups in total. The summed E-state index contributed by atoms with van der Waals surface area (Å²) in [5, 5.41) is 11.5. The summed E-state index contributed by atoms with van der Waals surface area (Å²) in [6.45, 7) is 5.97. The maximum Gasteiger partial charge on any atom is 0.302 e. The van der Waals surface area contributed by atoms with E-state index in [0.717, 1.165) is 19.3 Å². The molecule has 4 nitrogen and oxygen atoms in total. The van der Waals surface area contributed by atoms with E-state index in [0.29, 0.717) is 29.6 Å². The summed E-state index contributed by atoms with van der Waals surface area (Å²) in [4.78, 5) is 24.5. The van der Waals surface area contributed by atoms with Crippen molar-refractivity contribution in [2.45, 2.75) is 90.3 Å². The molecule has 25 heavy (non-hydrogen) atoms. The standard InChI is InChI=1S/C21H32O4/c1-13(22)25-14-6-10-20(3)17-7-9-19(2)8-4-5-16(19)15(17)11-18(23)21(20,24)12-14/h14-17,24H,4-12H2,1-3H3. The minimum atomic E-state index is -1.32. The third kappa shape index (κ3) is 2.35. The summed E-state index contributed by atoms with van der Waals surface area (Å²) in [5.41, 5.74) is -1.28. The molecule has 0 amide bonds. The Balaban J connectivity index is 1.65. The van der Waals surface area contributed by atoms with E-state index in [-0.39, 0.29) is 29.7 Å². The first-order valence-corrected chi connectivity index (χ1v) is 10.1. The largest absolute Gasteiger partial charge is 0.462 e. The van der Waals surface area contributed by atoms with Gasteiger partial charge in [0.25, 0.3) is 0 Å². The first-order valence-electron chi connectivity index (χ1n) is 10.1. The van der Waals surface area contributed by atoms with Crippen molar-refractivity contribution in [3.05, 3.63) is 0 Å². The lowest BCUT2D eigenvalue weighted by Gasteiger charge is -2.62. The van der Waals surface area contributed by atoms with Crippen molar-refractivity contribution < 1.29 is 19.4 Å². The zero-order valence-corrected chi connectivity index (χ0v) is 15.8. The van der Waals surface area contributed by atoms with Gasteiger partial charge >= 0.3 is 5.97 Å². The minimum Gasteiger partial charge on any atom is -0.462 e. The Morgan fingerprint density at radius 2 is 1.88 bits per heavy atom. The lowest BCUT2D eigenvalue weighted by atomic mass is 9.43. The fraction of sp³-hybridized carbons (Fsp3) is 0.905. The third-order valence-corrected chi connectivity index (χ3v) is 8.71. The van der Waals surface area contributed by atoms with Crippen molar-refractivity contribution in [1.82, 2.24) is 0 Å². The smallest absolute Gasteiger partial charge is 0.302 e. The third-order valence-electron chi connectivity index (χ3n) is 8.71. The van der Waals surface area contributed by atoms with Gasteiger partial charge in [0.1, 0.15) is 11.7 Å². The molecule has 4 saturated carbocycles. The lowest BCUT2D eigenvalue weighted by molar-refractivity contribution is -0.215. The molecule has 0 aliphatic heterocycles. The molecule has 0 aromatic heterocycles. The predicted octanol–water partition coefficient (Wildman–Crippen LogP) is 3.64. The Hall–Kier alpha value is -0.900. The van der Waals surface area contributed by atoms with Crippen LogP contribution < -0.4 is 0 Å². The molecule has 4 aliphatic rings. The van der Waals surface area contributed by atoms with E-state index in [2.05, 4.69) is 13.8 Å². The SMILES string of the molecule is CC(=O)OC1CCC2(C)C3CCC4(C)CCCC4C3CC(=O)C2(O)C1. The quantitative estimate of drug-likeness (QED) is 0.735. The average molecular weight is 348 g/mol. The van der Waals surface area contributed by atoms with Crippen LogP contribution in [0.4, 0.5) is 0 Å². The maximum atomic E-state index is 13.1. The van der Waals surface area contributed by atoms with E-state index in [9.17, 15) is 14.7 Å². The molecule has 140 valence electrons. The zero-order chi connectivity index (χ0) is 18.0. The normalized spacial score (nSPS) is 52.1. The fourth-order valence-electron chi connectivity index (χ4n) is 7.33. The number of hydrogen-bond acceptors (Lipinski definition) is 4. The summed E-state index contributed by atoms with van der Waals surface area (Å²) in [7, 11) is 0. The fourth-order valence-corrected chi connectivity index (χ4v) is 7.33. The van der Waals surface area contributed by atoms with Gasteiger partial charge in [-0.15, -0.1) is 0 Å². The van der Waals surface area contributed by atoms with Crippen LogP contribution in [-0.4, -0.2) is 28.6 Å². The molecule has 7 atom stereocenters. The Bertz CT molecular complexity index is 601. The Morgan fingerprint density at radius 3 is 2.60 bits per heavy atom. The first-order chi connectivity index (χ1) is 11.7. The Labute approximate surface area is 150 Å². The van der Waals surface area contributed by atoms with Crippen molar-refractivity contribution in [1.29, 1.82) is 0 Å². The van der Waals surface area contributed by atoms with Crippen molar-refractivity contribution in [3.8, 4) is 0 Å². The van der Waals surface area contributed by atoms with Crippen LogP contribution in [0.15, 0.2) is 0 Å². The number of ketones is 1. The number of aliphatic hydroxyl groups is 1. The highest BCUT2D eigenvalue weighted by atomic mass is 16.5. The molecule has 0 aromatic rings. The molecule has 4 aliphatic carbocycles. The van der Waals surface area contributed by atoms with Crippen molar-refractivity contribution in [3.63, 3.8) is 0 Å². The number of carbonyl (C=O) groups excluding carboxylic acids is 2. The summed E-state index contributed by atoms with van der Waals surface area (Å²) < 4.78 is 5.37. The van der Waals surface area contributed by atoms with Crippen molar-refractivity contribution >= 4 is 11.8 Å². The van der Waals surface area contributed by atoms with Gasteiger partial charge in [-0.2, -0.15) is 0 Å². The highest BCUT2D eigenvalue weighted by Gasteiger charge is 2.66. The monoisotopic (exact) mass is 348 g/mol. The van der Waals surface area contributed by atoms with E-state index in [1.165, 1.54) is 32.6 Å². The van der Waals surface area contributed by atoms with Gasteiger partial charge in [0.2, 0.25) is 0 Å². The van der Waals surface area contributed by atoms with Crippen LogP contribution in [0.2, 0.25) is 0 Å². The van der Waals surface area contributed by atoms with E-state index < -0.39 is 5.60 Å². The van der Waals surface area contributed by atoms with Gasteiger partial charge in [-0.3, -0.25) is 9.59 Å². The van der Waals surface area contributed by atoms with Crippen LogP contribution in [0.3, 0.4) is 0 Å². The van der Waals surface area contributed by atoms with E-state index in [1.54, 1.807) is 0 Å². The summed E-state index contributed by atoms with van der Waals surface area (Å²) in [5.74, 6) is 1.18. The second-order valence-corrected chi connectivity index (χ2v) is 9.84. The topological polar surface area (TPSA) is 63.6 Å². The number of esters is 1. The molecular formula is C21H32O4. The van der Waals surface area contributed by atoms with Crippen LogP contribution in [0.1, 0.15) is 78.6 Å². The molecule has 0 radical (unpaired) electrons. The van der Waals surface area contributed by atoms with Gasteiger partial charge in [-0.05, 0) is 61.7 Å². The molecule has 0 heterocycles. The molecule has 4 rings (SSSR count). The molecule has 4 fully saturated rings. The zero-order valence-electron chi connectivity index (χ0n) is 15.8. The van der Waals surface area contributed by atoms with Gasteiger partial charge < -0.3 is 9.84 Å². The maximum absolute atomic E-state index is 13.1. The summed E-state index contributed by atoms with van der Waals surface area (Å²) in [6.07, 6.45) is 8.20. The van der Waals surface area contributed by atoms with E-state index in [4.69, 9.17) is 4.74 Å². The van der Waals surface area contributed by atoms with E-state index in [1.807, 2.05) is 0 Å². The number of carbonyl (C=O) groups is 2.